The van der Waals surface area contributed by atoms with E-state index >= 15 is 0 Å². The van der Waals surface area contributed by atoms with Gasteiger partial charge in [-0.25, -0.2) is 9.97 Å². The molecule has 6 heteroatoms. The largest absolute Gasteiger partial charge is 0.344 e. The van der Waals surface area contributed by atoms with Crippen molar-refractivity contribution in [3.05, 3.63) is 48.0 Å². The third kappa shape index (κ3) is 4.48. The molecule has 0 aliphatic carbocycles. The summed E-state index contributed by atoms with van der Waals surface area (Å²) in [6.45, 7) is 6.09. The first kappa shape index (κ1) is 16.9. The van der Waals surface area contributed by atoms with Crippen molar-refractivity contribution in [3.8, 4) is 0 Å². The summed E-state index contributed by atoms with van der Waals surface area (Å²) in [5.74, 6) is 0.594. The number of carbonyl (C=O) groups is 1. The van der Waals surface area contributed by atoms with E-state index in [1.54, 1.807) is 29.7 Å². The topological polar surface area (TPSA) is 62.2 Å². The number of rotatable bonds is 7. The number of aromatic nitrogens is 3. The lowest BCUT2D eigenvalue weighted by Gasteiger charge is -2.19. The second-order valence-corrected chi connectivity index (χ2v) is 5.28. The molecule has 0 saturated carbocycles. The van der Waals surface area contributed by atoms with Gasteiger partial charge in [-0.15, -0.1) is 0 Å². The predicted molar refractivity (Wildman–Crippen MR) is 90.5 cm³/mol. The summed E-state index contributed by atoms with van der Waals surface area (Å²) in [5, 5.41) is 0. The normalized spacial score (nSPS) is 10.4. The minimum atomic E-state index is -0.0269. The van der Waals surface area contributed by atoms with Crippen LogP contribution in [0.1, 0.15) is 29.8 Å². The molecule has 0 aliphatic heterocycles. The van der Waals surface area contributed by atoms with Gasteiger partial charge in [0, 0.05) is 51.5 Å². The molecule has 0 spiro atoms. The lowest BCUT2D eigenvalue weighted by Crippen LogP contribution is -2.31. The van der Waals surface area contributed by atoms with Crippen molar-refractivity contribution in [2.45, 2.75) is 20.3 Å². The number of anilines is 1. The highest BCUT2D eigenvalue weighted by Crippen LogP contribution is 2.09. The van der Waals surface area contributed by atoms with Crippen molar-refractivity contribution in [1.29, 1.82) is 0 Å². The number of carbonyl (C=O) groups excluding carboxylic acids is 1. The van der Waals surface area contributed by atoms with Gasteiger partial charge in [-0.1, -0.05) is 0 Å². The molecule has 1 amide bonds. The van der Waals surface area contributed by atoms with Gasteiger partial charge in [0.1, 0.15) is 0 Å². The van der Waals surface area contributed by atoms with Gasteiger partial charge in [-0.05, 0) is 38.0 Å². The average molecular weight is 313 g/mol. The fraction of sp³-hybridized carbons (Fsp3) is 0.412. The maximum Gasteiger partial charge on any atom is 0.256 e. The van der Waals surface area contributed by atoms with Crippen molar-refractivity contribution in [3.63, 3.8) is 0 Å². The van der Waals surface area contributed by atoms with Crippen molar-refractivity contribution < 1.29 is 4.79 Å². The Bertz CT molecular complexity index is 611. The van der Waals surface area contributed by atoms with Crippen LogP contribution in [-0.4, -0.2) is 52.4 Å². The first-order chi connectivity index (χ1) is 11.2. The minimum absolute atomic E-state index is 0.0269. The highest BCUT2D eigenvalue weighted by molar-refractivity contribution is 5.93. The molecule has 0 aromatic carbocycles. The van der Waals surface area contributed by atoms with E-state index in [0.29, 0.717) is 24.6 Å². The molecule has 0 fully saturated rings. The Labute approximate surface area is 137 Å². The molecule has 0 N–H and O–H groups in total. The van der Waals surface area contributed by atoms with E-state index in [-0.39, 0.29) is 5.91 Å². The zero-order valence-corrected chi connectivity index (χ0v) is 13.9. The fourth-order valence-electron chi connectivity index (χ4n) is 2.27. The van der Waals surface area contributed by atoms with Gasteiger partial charge < -0.3 is 9.80 Å². The van der Waals surface area contributed by atoms with Crippen molar-refractivity contribution in [1.82, 2.24) is 19.9 Å². The molecule has 0 radical (unpaired) electrons. The molecular weight excluding hydrogens is 290 g/mol. The molecule has 0 bridgehead atoms. The van der Waals surface area contributed by atoms with Crippen LogP contribution in [0.3, 0.4) is 0 Å². The number of amides is 1. The second-order valence-electron chi connectivity index (χ2n) is 5.28. The van der Waals surface area contributed by atoms with Crippen LogP contribution in [0, 0.1) is 0 Å². The van der Waals surface area contributed by atoms with E-state index in [9.17, 15) is 4.79 Å². The summed E-state index contributed by atoms with van der Waals surface area (Å²) in [7, 11) is 1.95. The molecule has 0 saturated heterocycles. The smallest absolute Gasteiger partial charge is 0.256 e. The highest BCUT2D eigenvalue weighted by atomic mass is 16.2. The lowest BCUT2D eigenvalue weighted by molar-refractivity contribution is 0.0772. The number of hydrogen-bond donors (Lipinski definition) is 0. The molecule has 2 aromatic heterocycles. The fourth-order valence-corrected chi connectivity index (χ4v) is 2.27. The standard InChI is InChI=1S/C17H23N5O/c1-4-22(5-2)16(23)15-12-19-17(20-13-15)21(3)11-8-14-6-9-18-10-7-14/h6-7,9-10,12-13H,4-5,8,11H2,1-3H3. The first-order valence-electron chi connectivity index (χ1n) is 7.87. The molecule has 0 atom stereocenters. The molecule has 0 aliphatic rings. The quantitative estimate of drug-likeness (QED) is 0.783. The molecule has 0 unspecified atom stereocenters. The van der Waals surface area contributed by atoms with Gasteiger partial charge in [-0.2, -0.15) is 0 Å². The molecular formula is C17H23N5O. The van der Waals surface area contributed by atoms with Crippen LogP contribution in [-0.2, 0) is 6.42 Å². The summed E-state index contributed by atoms with van der Waals surface area (Å²) in [6, 6.07) is 4.00. The molecule has 122 valence electrons. The summed E-state index contributed by atoms with van der Waals surface area (Å²) >= 11 is 0. The van der Waals surface area contributed by atoms with Crippen molar-refractivity contribution in [2.24, 2.45) is 0 Å². The number of pyridine rings is 1. The SMILES string of the molecule is CCN(CC)C(=O)c1cnc(N(C)CCc2ccncc2)nc1. The van der Waals surface area contributed by atoms with Crippen LogP contribution in [0.15, 0.2) is 36.9 Å². The van der Waals surface area contributed by atoms with E-state index in [4.69, 9.17) is 0 Å². The predicted octanol–water partition coefficient (Wildman–Crippen LogP) is 2.03. The van der Waals surface area contributed by atoms with Crippen molar-refractivity contribution >= 4 is 11.9 Å². The monoisotopic (exact) mass is 313 g/mol. The summed E-state index contributed by atoms with van der Waals surface area (Å²) in [4.78, 5) is 28.6. The molecule has 6 nitrogen and oxygen atoms in total. The lowest BCUT2D eigenvalue weighted by atomic mass is 10.2. The summed E-state index contributed by atoms with van der Waals surface area (Å²) in [5.41, 5.74) is 1.75. The highest BCUT2D eigenvalue weighted by Gasteiger charge is 2.14. The third-order valence-electron chi connectivity index (χ3n) is 3.76. The third-order valence-corrected chi connectivity index (χ3v) is 3.76. The Hall–Kier alpha value is -2.50. The zero-order chi connectivity index (χ0) is 16.7. The molecule has 23 heavy (non-hydrogen) atoms. The summed E-state index contributed by atoms with van der Waals surface area (Å²) < 4.78 is 0. The number of nitrogens with zero attached hydrogens (tertiary/aromatic N) is 5. The van der Waals surface area contributed by atoms with E-state index < -0.39 is 0 Å². The van der Waals surface area contributed by atoms with Gasteiger partial charge in [-0.3, -0.25) is 9.78 Å². The van der Waals surface area contributed by atoms with Gasteiger partial charge in [0.2, 0.25) is 5.95 Å². The maximum absolute atomic E-state index is 12.2. The van der Waals surface area contributed by atoms with Crippen LogP contribution < -0.4 is 4.90 Å². The Morgan fingerprint density at radius 3 is 2.26 bits per heavy atom. The minimum Gasteiger partial charge on any atom is -0.344 e. The van der Waals surface area contributed by atoms with Crippen LogP contribution in [0.25, 0.3) is 0 Å². The Morgan fingerprint density at radius 2 is 1.70 bits per heavy atom. The Morgan fingerprint density at radius 1 is 1.09 bits per heavy atom. The molecule has 2 heterocycles. The van der Waals surface area contributed by atoms with Crippen LogP contribution in [0.5, 0.6) is 0 Å². The maximum atomic E-state index is 12.2. The van der Waals surface area contributed by atoms with Crippen LogP contribution in [0.4, 0.5) is 5.95 Å². The van der Waals surface area contributed by atoms with E-state index in [2.05, 4.69) is 15.0 Å². The van der Waals surface area contributed by atoms with Gasteiger partial charge in [0.15, 0.2) is 0 Å². The van der Waals surface area contributed by atoms with E-state index in [1.165, 1.54) is 5.56 Å². The van der Waals surface area contributed by atoms with Gasteiger partial charge >= 0.3 is 0 Å². The van der Waals surface area contributed by atoms with E-state index in [0.717, 1.165) is 13.0 Å². The van der Waals surface area contributed by atoms with Crippen LogP contribution in [0.2, 0.25) is 0 Å². The average Bonchev–Trinajstić information content (AvgIpc) is 2.61. The van der Waals surface area contributed by atoms with Gasteiger partial charge in [0.05, 0.1) is 5.56 Å². The van der Waals surface area contributed by atoms with Crippen molar-refractivity contribution in [2.75, 3.05) is 31.6 Å². The Balaban J connectivity index is 1.97. The Kier molecular flexibility index (Phi) is 6.02. The van der Waals surface area contributed by atoms with Crippen LogP contribution >= 0.6 is 0 Å². The molecule has 2 rings (SSSR count). The zero-order valence-electron chi connectivity index (χ0n) is 13.9. The molecule has 2 aromatic rings. The van der Waals surface area contributed by atoms with E-state index in [1.807, 2.05) is 37.9 Å². The summed E-state index contributed by atoms with van der Waals surface area (Å²) in [6.07, 6.45) is 7.68. The second kappa shape index (κ2) is 8.22. The van der Waals surface area contributed by atoms with Gasteiger partial charge in [0.25, 0.3) is 5.91 Å². The number of likely N-dealkylation sites (N-methyl/N-ethyl adjacent to an activating group) is 1. The number of hydrogen-bond acceptors (Lipinski definition) is 5. The first-order valence-corrected chi connectivity index (χ1v) is 7.87.